The third kappa shape index (κ3) is 4.96. The van der Waals surface area contributed by atoms with Crippen molar-refractivity contribution in [1.29, 1.82) is 0 Å². The Hall–Kier alpha value is -2.11. The monoisotopic (exact) mass is 376 g/mol. The Labute approximate surface area is 157 Å². The molecule has 1 aliphatic rings. The second-order valence-corrected chi connectivity index (χ2v) is 7.10. The molecule has 138 valence electrons. The van der Waals surface area contributed by atoms with Gasteiger partial charge in [0, 0.05) is 24.7 Å². The van der Waals surface area contributed by atoms with E-state index in [2.05, 4.69) is 10.2 Å². The molecule has 1 saturated heterocycles. The SMILES string of the molecule is O=C(Cc1ccc(O)c(Cl)c1)NC1CCCN(Cc2ccccc2F)C1. The molecular weight excluding hydrogens is 355 g/mol. The first-order valence-corrected chi connectivity index (χ1v) is 9.11. The molecule has 1 heterocycles. The molecule has 1 amide bonds. The number of phenols is 1. The number of aromatic hydroxyl groups is 1. The zero-order valence-corrected chi connectivity index (χ0v) is 15.2. The molecule has 1 fully saturated rings. The second kappa shape index (κ2) is 8.52. The van der Waals surface area contributed by atoms with Crippen molar-refractivity contribution in [1.82, 2.24) is 10.2 Å². The normalized spacial score (nSPS) is 17.8. The van der Waals surface area contributed by atoms with Gasteiger partial charge in [0.15, 0.2) is 0 Å². The van der Waals surface area contributed by atoms with Gasteiger partial charge in [-0.05, 0) is 43.1 Å². The summed E-state index contributed by atoms with van der Waals surface area (Å²) in [6, 6.07) is 11.6. The number of nitrogens with one attached hydrogen (secondary N) is 1. The molecule has 1 aliphatic heterocycles. The maximum Gasteiger partial charge on any atom is 0.224 e. The van der Waals surface area contributed by atoms with E-state index in [-0.39, 0.29) is 35.0 Å². The van der Waals surface area contributed by atoms with Gasteiger partial charge in [-0.1, -0.05) is 35.9 Å². The summed E-state index contributed by atoms with van der Waals surface area (Å²) in [5, 5.41) is 12.7. The number of rotatable bonds is 5. The van der Waals surface area contributed by atoms with Crippen LogP contribution in [0.1, 0.15) is 24.0 Å². The van der Waals surface area contributed by atoms with E-state index in [4.69, 9.17) is 11.6 Å². The standard InChI is InChI=1S/C20H22ClFN2O2/c21-17-10-14(7-8-19(17)25)11-20(26)23-16-5-3-9-24(13-16)12-15-4-1-2-6-18(15)22/h1-2,4,6-8,10,16,25H,3,5,9,11-13H2,(H,23,26). The van der Waals surface area contributed by atoms with E-state index >= 15 is 0 Å². The van der Waals surface area contributed by atoms with Crippen LogP contribution in [0.15, 0.2) is 42.5 Å². The number of likely N-dealkylation sites (tertiary alicyclic amines) is 1. The average molecular weight is 377 g/mol. The predicted molar refractivity (Wildman–Crippen MR) is 99.7 cm³/mol. The summed E-state index contributed by atoms with van der Waals surface area (Å²) in [4.78, 5) is 14.5. The van der Waals surface area contributed by atoms with Gasteiger partial charge in [-0.25, -0.2) is 4.39 Å². The van der Waals surface area contributed by atoms with Crippen molar-refractivity contribution >= 4 is 17.5 Å². The quantitative estimate of drug-likeness (QED) is 0.839. The molecule has 1 unspecified atom stereocenters. The molecule has 2 N–H and O–H groups in total. The van der Waals surface area contributed by atoms with Gasteiger partial charge in [-0.15, -0.1) is 0 Å². The molecule has 6 heteroatoms. The second-order valence-electron chi connectivity index (χ2n) is 6.70. The van der Waals surface area contributed by atoms with Crippen LogP contribution in [0, 0.1) is 5.82 Å². The fraction of sp³-hybridized carbons (Fsp3) is 0.350. The zero-order valence-electron chi connectivity index (χ0n) is 14.4. The van der Waals surface area contributed by atoms with Gasteiger partial charge in [-0.3, -0.25) is 9.69 Å². The largest absolute Gasteiger partial charge is 0.506 e. The predicted octanol–water partition coefficient (Wildman–Crippen LogP) is 3.51. The highest BCUT2D eigenvalue weighted by Crippen LogP contribution is 2.24. The van der Waals surface area contributed by atoms with Gasteiger partial charge in [-0.2, -0.15) is 0 Å². The molecule has 2 aromatic carbocycles. The van der Waals surface area contributed by atoms with E-state index in [1.807, 2.05) is 6.07 Å². The Kier molecular flexibility index (Phi) is 6.12. The van der Waals surface area contributed by atoms with E-state index in [0.717, 1.165) is 24.9 Å². The highest BCUT2D eigenvalue weighted by Gasteiger charge is 2.22. The van der Waals surface area contributed by atoms with Crippen LogP contribution in [-0.2, 0) is 17.8 Å². The number of halogens is 2. The summed E-state index contributed by atoms with van der Waals surface area (Å²) in [5.74, 6) is -0.265. The maximum atomic E-state index is 13.8. The van der Waals surface area contributed by atoms with Gasteiger partial charge >= 0.3 is 0 Å². The molecule has 26 heavy (non-hydrogen) atoms. The van der Waals surface area contributed by atoms with Gasteiger partial charge in [0.2, 0.25) is 5.91 Å². The number of hydrogen-bond acceptors (Lipinski definition) is 3. The van der Waals surface area contributed by atoms with Crippen LogP contribution in [0.4, 0.5) is 4.39 Å². The summed E-state index contributed by atoms with van der Waals surface area (Å²) in [5.41, 5.74) is 1.43. The van der Waals surface area contributed by atoms with Crippen molar-refractivity contribution in [2.75, 3.05) is 13.1 Å². The van der Waals surface area contributed by atoms with E-state index in [0.29, 0.717) is 18.7 Å². The highest BCUT2D eigenvalue weighted by molar-refractivity contribution is 6.32. The number of nitrogens with zero attached hydrogens (tertiary/aromatic N) is 1. The minimum atomic E-state index is -0.192. The van der Waals surface area contributed by atoms with Gasteiger partial charge in [0.25, 0.3) is 0 Å². The fourth-order valence-electron chi connectivity index (χ4n) is 3.31. The maximum absolute atomic E-state index is 13.8. The van der Waals surface area contributed by atoms with Crippen LogP contribution in [0.5, 0.6) is 5.75 Å². The Morgan fingerprint density at radius 3 is 2.88 bits per heavy atom. The van der Waals surface area contributed by atoms with Gasteiger partial charge in [0.05, 0.1) is 11.4 Å². The molecular formula is C20H22ClFN2O2. The summed E-state index contributed by atoms with van der Waals surface area (Å²) in [7, 11) is 0. The van der Waals surface area contributed by atoms with Crippen molar-refractivity contribution < 1.29 is 14.3 Å². The molecule has 0 saturated carbocycles. The third-order valence-corrected chi connectivity index (χ3v) is 4.90. The van der Waals surface area contributed by atoms with Gasteiger partial charge in [0.1, 0.15) is 11.6 Å². The number of carbonyl (C=O) groups is 1. The molecule has 2 aromatic rings. The number of phenolic OH excluding ortho intramolecular Hbond substituents is 1. The lowest BCUT2D eigenvalue weighted by Crippen LogP contribution is -2.47. The first kappa shape index (κ1) is 18.7. The van der Waals surface area contributed by atoms with Crippen molar-refractivity contribution in [3.63, 3.8) is 0 Å². The summed E-state index contributed by atoms with van der Waals surface area (Å²) >= 11 is 5.88. The smallest absolute Gasteiger partial charge is 0.224 e. The molecule has 3 rings (SSSR count). The molecule has 0 spiro atoms. The Morgan fingerprint density at radius 2 is 2.12 bits per heavy atom. The lowest BCUT2D eigenvalue weighted by molar-refractivity contribution is -0.121. The van der Waals surface area contributed by atoms with Crippen LogP contribution in [0.2, 0.25) is 5.02 Å². The van der Waals surface area contributed by atoms with Crippen LogP contribution >= 0.6 is 11.6 Å². The third-order valence-electron chi connectivity index (χ3n) is 4.60. The molecule has 0 bridgehead atoms. The summed E-state index contributed by atoms with van der Waals surface area (Å²) in [6.07, 6.45) is 2.09. The van der Waals surface area contributed by atoms with E-state index in [1.54, 1.807) is 24.3 Å². The molecule has 0 aromatic heterocycles. The van der Waals surface area contributed by atoms with Crippen LogP contribution in [0.3, 0.4) is 0 Å². The van der Waals surface area contributed by atoms with Gasteiger partial charge < -0.3 is 10.4 Å². The zero-order chi connectivity index (χ0) is 18.5. The first-order chi connectivity index (χ1) is 12.5. The topological polar surface area (TPSA) is 52.6 Å². The highest BCUT2D eigenvalue weighted by atomic mass is 35.5. The number of benzene rings is 2. The fourth-order valence-corrected chi connectivity index (χ4v) is 3.51. The minimum Gasteiger partial charge on any atom is -0.506 e. The molecule has 0 radical (unpaired) electrons. The number of amides is 1. The van der Waals surface area contributed by atoms with Crippen molar-refractivity contribution in [3.05, 3.63) is 64.4 Å². The lowest BCUT2D eigenvalue weighted by atomic mass is 10.0. The summed E-state index contributed by atoms with van der Waals surface area (Å²) in [6.45, 7) is 2.15. The van der Waals surface area contributed by atoms with E-state index < -0.39 is 0 Å². The number of piperidine rings is 1. The number of hydrogen-bond donors (Lipinski definition) is 2. The first-order valence-electron chi connectivity index (χ1n) is 8.74. The van der Waals surface area contributed by atoms with E-state index in [1.165, 1.54) is 12.1 Å². The van der Waals surface area contributed by atoms with Crippen LogP contribution < -0.4 is 5.32 Å². The Morgan fingerprint density at radius 1 is 1.31 bits per heavy atom. The van der Waals surface area contributed by atoms with Crippen molar-refractivity contribution in [2.45, 2.75) is 31.8 Å². The van der Waals surface area contributed by atoms with Crippen LogP contribution in [0.25, 0.3) is 0 Å². The summed E-state index contributed by atoms with van der Waals surface area (Å²) < 4.78 is 13.8. The van der Waals surface area contributed by atoms with E-state index in [9.17, 15) is 14.3 Å². The average Bonchev–Trinajstić information content (AvgIpc) is 2.60. The Bertz CT molecular complexity index is 784. The lowest BCUT2D eigenvalue weighted by Gasteiger charge is -2.33. The van der Waals surface area contributed by atoms with Crippen molar-refractivity contribution in [3.8, 4) is 5.75 Å². The minimum absolute atomic E-state index is 0.00638. The molecule has 1 atom stereocenters. The molecule has 4 nitrogen and oxygen atoms in total. The molecule has 0 aliphatic carbocycles. The van der Waals surface area contributed by atoms with Crippen molar-refractivity contribution in [2.24, 2.45) is 0 Å². The number of carbonyl (C=O) groups excluding carboxylic acids is 1. The van der Waals surface area contributed by atoms with Crippen LogP contribution in [-0.4, -0.2) is 35.0 Å². The Balaban J connectivity index is 1.53.